The standard InChI is InChI=1S/C46H52N8O6/c1-23(2)36(51-45(57)59-5)43(55)53-19-7-8-35(53)41-47-33-17-12-27-20-25(10-15-31(27)38(33)49-41)26-11-16-32-28(21-26)13-18-34-39(32)50-42(48-34)40-29-9-14-30(22-29)54(40)44(56)37(24(3)4)52-46(58)60-6/h10-13,15-18,20-21,23-24,29-30,35-37,40H,7-9,14,19,22H2,1-6H3,(H,47,49)(H,48,50)(H,51,57)(H,52,58)/t29-,30+,35+,36?,37+,40+/m1/s1. The van der Waals surface area contributed by atoms with Gasteiger partial charge in [-0.25, -0.2) is 19.6 Å². The number of H-pyrrole nitrogens is 2. The Morgan fingerprint density at radius 1 is 0.700 bits per heavy atom. The van der Waals surface area contributed by atoms with E-state index in [9.17, 15) is 19.2 Å². The highest BCUT2D eigenvalue weighted by atomic mass is 16.5. The number of nitrogens with one attached hydrogen (secondary N) is 4. The van der Waals surface area contributed by atoms with Crippen molar-refractivity contribution in [3.05, 3.63) is 72.3 Å². The van der Waals surface area contributed by atoms with E-state index < -0.39 is 24.3 Å². The third kappa shape index (κ3) is 6.75. The number of methoxy groups -OCH3 is 2. The lowest BCUT2D eigenvalue weighted by Crippen LogP contribution is -2.54. The number of piperidine rings is 1. The summed E-state index contributed by atoms with van der Waals surface area (Å²) in [6, 6.07) is 19.5. The van der Waals surface area contributed by atoms with E-state index in [4.69, 9.17) is 19.4 Å². The number of hydrogen-bond donors (Lipinski definition) is 4. The summed E-state index contributed by atoms with van der Waals surface area (Å²) in [6.45, 7) is 8.28. The van der Waals surface area contributed by atoms with E-state index in [1.807, 2.05) is 43.6 Å². The van der Waals surface area contributed by atoms with Crippen molar-refractivity contribution in [1.29, 1.82) is 0 Å². The molecular weight excluding hydrogens is 761 g/mol. The molecule has 0 spiro atoms. The molecule has 2 bridgehead atoms. The summed E-state index contributed by atoms with van der Waals surface area (Å²) in [5.74, 6) is 1.37. The number of rotatable bonds is 9. The van der Waals surface area contributed by atoms with E-state index in [1.165, 1.54) is 14.2 Å². The van der Waals surface area contributed by atoms with Gasteiger partial charge in [-0.05, 0) is 96.0 Å². The van der Waals surface area contributed by atoms with Gasteiger partial charge in [0.15, 0.2) is 0 Å². The van der Waals surface area contributed by atoms with Gasteiger partial charge in [0.25, 0.3) is 0 Å². The zero-order valence-electron chi connectivity index (χ0n) is 34.9. The van der Waals surface area contributed by atoms with Crippen LogP contribution in [0.3, 0.4) is 0 Å². The molecule has 0 radical (unpaired) electrons. The predicted molar refractivity (Wildman–Crippen MR) is 229 cm³/mol. The molecule has 14 nitrogen and oxygen atoms in total. The number of carbonyl (C=O) groups is 4. The normalized spacial score (nSPS) is 21.1. The maximum Gasteiger partial charge on any atom is 0.407 e. The van der Waals surface area contributed by atoms with Crippen molar-refractivity contribution in [1.82, 2.24) is 40.4 Å². The van der Waals surface area contributed by atoms with Crippen LogP contribution in [0.15, 0.2) is 60.7 Å². The van der Waals surface area contributed by atoms with Gasteiger partial charge in [-0.2, -0.15) is 0 Å². The van der Waals surface area contributed by atoms with Crippen LogP contribution in [0.1, 0.15) is 83.5 Å². The number of ether oxygens (including phenoxy) is 2. The summed E-state index contributed by atoms with van der Waals surface area (Å²) >= 11 is 0. The first-order valence-electron chi connectivity index (χ1n) is 21.1. The maximum absolute atomic E-state index is 14.1. The van der Waals surface area contributed by atoms with E-state index in [-0.39, 0.29) is 41.8 Å². The number of aromatic amines is 2. The lowest BCUT2D eigenvalue weighted by Gasteiger charge is -2.37. The van der Waals surface area contributed by atoms with Crippen LogP contribution in [0.25, 0.3) is 54.7 Å². The zero-order valence-corrected chi connectivity index (χ0v) is 34.9. The van der Waals surface area contributed by atoms with E-state index in [2.05, 4.69) is 75.2 Å². The fourth-order valence-electron chi connectivity index (χ4n) is 10.0. The van der Waals surface area contributed by atoms with Crippen LogP contribution in [0.2, 0.25) is 0 Å². The SMILES string of the molecule is COC(=O)NC(C(=O)N1CCC[C@H]1c1nc2c(ccc3cc(-c4ccc5c(ccc6[nH]c([C@@H]7[C@@H]8CC[C@@H](C8)N7C(=O)[C@@H](NC(=O)OC)C(C)C)nc65)c4)ccc32)[nH]1)C(C)C. The molecule has 6 aromatic rings. The van der Waals surface area contributed by atoms with Crippen molar-refractivity contribution >= 4 is 67.6 Å². The number of fused-ring (bicyclic) bond motifs is 8. The Balaban J connectivity index is 0.986. The minimum Gasteiger partial charge on any atom is -0.453 e. The number of carbonyl (C=O) groups excluding carboxylic acids is 4. The second-order valence-corrected chi connectivity index (χ2v) is 17.4. The molecule has 9 rings (SSSR count). The molecule has 1 unspecified atom stereocenters. The predicted octanol–water partition coefficient (Wildman–Crippen LogP) is 7.89. The van der Waals surface area contributed by atoms with Crippen molar-refractivity contribution in [3.8, 4) is 11.1 Å². The average molecular weight is 813 g/mol. The molecule has 4 heterocycles. The quantitative estimate of drug-likeness (QED) is 0.114. The Bertz CT molecular complexity index is 2670. The highest BCUT2D eigenvalue weighted by molar-refractivity contribution is 6.07. The molecule has 60 heavy (non-hydrogen) atoms. The van der Waals surface area contributed by atoms with Gasteiger partial charge >= 0.3 is 12.2 Å². The van der Waals surface area contributed by atoms with Gasteiger partial charge in [-0.1, -0.05) is 64.1 Å². The van der Waals surface area contributed by atoms with Gasteiger partial charge < -0.3 is 39.9 Å². The van der Waals surface area contributed by atoms with E-state index in [0.29, 0.717) is 12.5 Å². The molecule has 4 N–H and O–H groups in total. The molecule has 3 aliphatic rings. The van der Waals surface area contributed by atoms with Gasteiger partial charge in [0.05, 0.1) is 48.4 Å². The minimum absolute atomic E-state index is 0.0926. The van der Waals surface area contributed by atoms with Gasteiger partial charge in [0, 0.05) is 23.4 Å². The molecule has 1 saturated carbocycles. The van der Waals surface area contributed by atoms with Gasteiger partial charge in [-0.3, -0.25) is 9.59 Å². The topological polar surface area (TPSA) is 175 Å². The molecule has 2 aliphatic heterocycles. The smallest absolute Gasteiger partial charge is 0.407 e. The largest absolute Gasteiger partial charge is 0.453 e. The Morgan fingerprint density at radius 3 is 1.82 bits per heavy atom. The number of nitrogens with zero attached hydrogens (tertiary/aromatic N) is 4. The van der Waals surface area contributed by atoms with Crippen molar-refractivity contribution in [2.24, 2.45) is 17.8 Å². The van der Waals surface area contributed by atoms with Gasteiger partial charge in [-0.15, -0.1) is 0 Å². The third-order valence-corrected chi connectivity index (χ3v) is 13.1. The summed E-state index contributed by atoms with van der Waals surface area (Å²) in [5, 5.41) is 9.66. The van der Waals surface area contributed by atoms with Crippen molar-refractivity contribution in [2.45, 2.75) is 90.0 Å². The van der Waals surface area contributed by atoms with Crippen molar-refractivity contribution < 1.29 is 28.7 Å². The van der Waals surface area contributed by atoms with Crippen LogP contribution in [-0.4, -0.2) is 92.6 Å². The molecule has 312 valence electrons. The monoisotopic (exact) mass is 812 g/mol. The lowest BCUT2D eigenvalue weighted by atomic mass is 9.95. The number of hydrogen-bond acceptors (Lipinski definition) is 8. The van der Waals surface area contributed by atoms with Crippen LogP contribution < -0.4 is 10.6 Å². The number of imidazole rings is 2. The minimum atomic E-state index is -0.698. The lowest BCUT2D eigenvalue weighted by molar-refractivity contribution is -0.139. The summed E-state index contributed by atoms with van der Waals surface area (Å²) in [7, 11) is 2.61. The Kier molecular flexibility index (Phi) is 10.1. The molecule has 14 heteroatoms. The number of benzene rings is 4. The Hall–Kier alpha value is -6.18. The van der Waals surface area contributed by atoms with Crippen molar-refractivity contribution in [2.75, 3.05) is 20.8 Å². The molecule has 2 saturated heterocycles. The van der Waals surface area contributed by atoms with Gasteiger partial charge in [0.2, 0.25) is 11.8 Å². The maximum atomic E-state index is 14.1. The summed E-state index contributed by atoms with van der Waals surface area (Å²) in [6.07, 6.45) is 3.30. The third-order valence-electron chi connectivity index (χ3n) is 13.1. The molecule has 3 fully saturated rings. The average Bonchev–Trinajstić information content (AvgIpc) is 4.11. The van der Waals surface area contributed by atoms with E-state index in [0.717, 1.165) is 98.5 Å². The van der Waals surface area contributed by atoms with Gasteiger partial charge in [0.1, 0.15) is 23.7 Å². The second-order valence-electron chi connectivity index (χ2n) is 17.4. The number of aromatic nitrogens is 4. The summed E-state index contributed by atoms with van der Waals surface area (Å²) in [5.41, 5.74) is 5.70. The van der Waals surface area contributed by atoms with Crippen LogP contribution in [-0.2, 0) is 19.1 Å². The summed E-state index contributed by atoms with van der Waals surface area (Å²) in [4.78, 5) is 73.3. The Morgan fingerprint density at radius 2 is 1.25 bits per heavy atom. The number of alkyl carbamates (subject to hydrolysis) is 2. The zero-order chi connectivity index (χ0) is 42.0. The first-order valence-corrected chi connectivity index (χ1v) is 21.1. The highest BCUT2D eigenvalue weighted by Crippen LogP contribution is 2.50. The first-order chi connectivity index (χ1) is 28.9. The number of amides is 4. The fraction of sp³-hybridized carbons (Fsp3) is 0.435. The van der Waals surface area contributed by atoms with E-state index >= 15 is 0 Å². The molecule has 6 atom stereocenters. The fourth-order valence-corrected chi connectivity index (χ4v) is 10.0. The number of likely N-dealkylation sites (tertiary alicyclic amines) is 2. The molecule has 4 amide bonds. The first kappa shape index (κ1) is 39.3. The van der Waals surface area contributed by atoms with E-state index in [1.54, 1.807) is 0 Å². The Labute approximate surface area is 347 Å². The second kappa shape index (κ2) is 15.4. The van der Waals surface area contributed by atoms with Crippen LogP contribution in [0, 0.1) is 17.8 Å². The van der Waals surface area contributed by atoms with Crippen molar-refractivity contribution in [3.63, 3.8) is 0 Å². The summed E-state index contributed by atoms with van der Waals surface area (Å²) < 4.78 is 9.65. The highest BCUT2D eigenvalue weighted by Gasteiger charge is 2.51. The van der Waals surface area contributed by atoms with Crippen LogP contribution in [0.4, 0.5) is 9.59 Å². The molecule has 4 aromatic carbocycles. The van der Waals surface area contributed by atoms with Crippen LogP contribution >= 0.6 is 0 Å². The molecular formula is C46H52N8O6. The van der Waals surface area contributed by atoms with Crippen LogP contribution in [0.5, 0.6) is 0 Å². The molecule has 2 aromatic heterocycles. The molecule has 1 aliphatic carbocycles.